The lowest BCUT2D eigenvalue weighted by Gasteiger charge is -2.20. The molecule has 1 amide bonds. The number of amides is 1. The van der Waals surface area contributed by atoms with Gasteiger partial charge in [-0.1, -0.05) is 55.0 Å². The Hall–Kier alpha value is -2.29. The molecular formula is C20H25NO2. The number of aryl methyl sites for hydroxylation is 2. The van der Waals surface area contributed by atoms with Crippen molar-refractivity contribution < 1.29 is 9.53 Å². The number of benzene rings is 2. The quantitative estimate of drug-likeness (QED) is 0.868. The number of ether oxygens (including phenoxy) is 1. The van der Waals surface area contributed by atoms with Crippen LogP contribution in [-0.2, 0) is 11.2 Å². The van der Waals surface area contributed by atoms with Gasteiger partial charge in [-0.15, -0.1) is 0 Å². The normalized spacial score (nSPS) is 13.2. The molecular weight excluding hydrogens is 286 g/mol. The molecule has 2 rings (SSSR count). The second kappa shape index (κ2) is 7.82. The van der Waals surface area contributed by atoms with Crippen LogP contribution < -0.4 is 10.1 Å². The number of para-hydroxylation sites is 1. The summed E-state index contributed by atoms with van der Waals surface area (Å²) in [4.78, 5) is 12.4. The maximum atomic E-state index is 12.4. The Labute approximate surface area is 138 Å². The van der Waals surface area contributed by atoms with Crippen molar-refractivity contribution in [2.24, 2.45) is 0 Å². The Morgan fingerprint density at radius 1 is 1.09 bits per heavy atom. The van der Waals surface area contributed by atoms with Crippen molar-refractivity contribution in [3.63, 3.8) is 0 Å². The molecule has 0 aromatic heterocycles. The van der Waals surface area contributed by atoms with Crippen molar-refractivity contribution in [1.82, 2.24) is 5.32 Å². The van der Waals surface area contributed by atoms with Gasteiger partial charge < -0.3 is 10.1 Å². The van der Waals surface area contributed by atoms with Crippen molar-refractivity contribution >= 4 is 5.91 Å². The van der Waals surface area contributed by atoms with Crippen LogP contribution in [0.5, 0.6) is 5.75 Å². The summed E-state index contributed by atoms with van der Waals surface area (Å²) in [5.41, 5.74) is 3.41. The molecule has 0 radical (unpaired) electrons. The van der Waals surface area contributed by atoms with Crippen LogP contribution in [0.3, 0.4) is 0 Å². The molecule has 0 fully saturated rings. The molecule has 0 spiro atoms. The summed E-state index contributed by atoms with van der Waals surface area (Å²) < 4.78 is 5.84. The third-order valence-corrected chi connectivity index (χ3v) is 3.96. The maximum Gasteiger partial charge on any atom is 0.261 e. The summed E-state index contributed by atoms with van der Waals surface area (Å²) in [5.74, 6) is 0.671. The highest BCUT2D eigenvalue weighted by atomic mass is 16.5. The lowest BCUT2D eigenvalue weighted by atomic mass is 10.1. The highest BCUT2D eigenvalue weighted by Gasteiger charge is 2.18. The van der Waals surface area contributed by atoms with Gasteiger partial charge in [-0.05, 0) is 44.4 Å². The smallest absolute Gasteiger partial charge is 0.261 e. The van der Waals surface area contributed by atoms with E-state index >= 15 is 0 Å². The van der Waals surface area contributed by atoms with Crippen molar-refractivity contribution in [1.29, 1.82) is 0 Å². The molecule has 2 aromatic rings. The maximum absolute atomic E-state index is 12.4. The summed E-state index contributed by atoms with van der Waals surface area (Å²) in [6.45, 7) is 7.89. The molecule has 3 heteroatoms. The van der Waals surface area contributed by atoms with Crippen LogP contribution in [0, 0.1) is 6.92 Å². The molecule has 0 heterocycles. The molecule has 2 aromatic carbocycles. The van der Waals surface area contributed by atoms with Gasteiger partial charge in [-0.25, -0.2) is 0 Å². The van der Waals surface area contributed by atoms with Crippen molar-refractivity contribution in [3.8, 4) is 5.75 Å². The number of carbonyl (C=O) groups excluding carboxylic acids is 1. The zero-order valence-electron chi connectivity index (χ0n) is 14.3. The Morgan fingerprint density at radius 2 is 1.74 bits per heavy atom. The first-order valence-corrected chi connectivity index (χ1v) is 8.12. The van der Waals surface area contributed by atoms with Crippen LogP contribution in [0.25, 0.3) is 0 Å². The molecule has 0 saturated heterocycles. The second-order valence-corrected chi connectivity index (χ2v) is 5.86. The van der Waals surface area contributed by atoms with Crippen molar-refractivity contribution in [2.75, 3.05) is 0 Å². The van der Waals surface area contributed by atoms with E-state index in [-0.39, 0.29) is 11.9 Å². The van der Waals surface area contributed by atoms with E-state index < -0.39 is 6.10 Å². The molecule has 0 saturated carbocycles. The third-order valence-electron chi connectivity index (χ3n) is 3.96. The van der Waals surface area contributed by atoms with E-state index in [4.69, 9.17) is 4.74 Å². The fourth-order valence-corrected chi connectivity index (χ4v) is 2.42. The van der Waals surface area contributed by atoms with Crippen molar-refractivity contribution in [2.45, 2.75) is 46.3 Å². The van der Waals surface area contributed by atoms with E-state index in [0.717, 1.165) is 23.3 Å². The Balaban J connectivity index is 1.98. The van der Waals surface area contributed by atoms with Gasteiger partial charge in [0, 0.05) is 0 Å². The molecule has 0 bridgehead atoms. The number of carbonyl (C=O) groups is 1. The number of hydrogen-bond acceptors (Lipinski definition) is 2. The molecule has 2 atom stereocenters. The minimum atomic E-state index is -0.532. The van der Waals surface area contributed by atoms with Gasteiger partial charge in [0.2, 0.25) is 0 Å². The summed E-state index contributed by atoms with van der Waals surface area (Å²) in [5, 5.41) is 3.01. The van der Waals surface area contributed by atoms with E-state index in [1.165, 1.54) is 5.56 Å². The zero-order valence-corrected chi connectivity index (χ0v) is 14.3. The minimum absolute atomic E-state index is 0.0458. The second-order valence-electron chi connectivity index (χ2n) is 5.86. The average Bonchev–Trinajstić information content (AvgIpc) is 2.55. The Bertz CT molecular complexity index is 649. The summed E-state index contributed by atoms with van der Waals surface area (Å²) >= 11 is 0. The lowest BCUT2D eigenvalue weighted by molar-refractivity contribution is -0.127. The molecule has 0 aliphatic heterocycles. The molecule has 1 N–H and O–H groups in total. The van der Waals surface area contributed by atoms with Gasteiger partial charge in [0.25, 0.3) is 5.91 Å². The van der Waals surface area contributed by atoms with Gasteiger partial charge in [-0.2, -0.15) is 0 Å². The van der Waals surface area contributed by atoms with Gasteiger partial charge in [0.05, 0.1) is 6.04 Å². The summed E-state index contributed by atoms with van der Waals surface area (Å²) in [7, 11) is 0. The molecule has 23 heavy (non-hydrogen) atoms. The molecule has 0 unspecified atom stereocenters. The van der Waals surface area contributed by atoms with Crippen LogP contribution in [0.2, 0.25) is 0 Å². The van der Waals surface area contributed by atoms with E-state index in [0.29, 0.717) is 0 Å². The summed E-state index contributed by atoms with van der Waals surface area (Å²) in [6.07, 6.45) is 0.347. The topological polar surface area (TPSA) is 38.3 Å². The molecule has 0 aliphatic rings. The first kappa shape index (κ1) is 17.1. The van der Waals surface area contributed by atoms with Gasteiger partial charge in [0.1, 0.15) is 5.75 Å². The Morgan fingerprint density at radius 3 is 2.39 bits per heavy atom. The molecule has 0 aliphatic carbocycles. The zero-order chi connectivity index (χ0) is 16.8. The fraction of sp³-hybridized carbons (Fsp3) is 0.350. The van der Waals surface area contributed by atoms with Crippen LogP contribution in [0.15, 0.2) is 48.5 Å². The van der Waals surface area contributed by atoms with Gasteiger partial charge in [0.15, 0.2) is 6.10 Å². The van der Waals surface area contributed by atoms with Crippen molar-refractivity contribution in [3.05, 3.63) is 65.2 Å². The first-order valence-electron chi connectivity index (χ1n) is 8.12. The first-order chi connectivity index (χ1) is 11.0. The van der Waals surface area contributed by atoms with E-state index in [1.807, 2.05) is 50.2 Å². The van der Waals surface area contributed by atoms with Crippen LogP contribution in [0.4, 0.5) is 0 Å². The van der Waals surface area contributed by atoms with Crippen LogP contribution in [-0.4, -0.2) is 12.0 Å². The summed E-state index contributed by atoms with van der Waals surface area (Å²) in [6, 6.07) is 16.0. The standard InChI is InChI=1S/C20H25NO2/c1-5-17-8-6-7-9-19(17)23-16(4)20(22)21-15(3)18-12-10-14(2)11-13-18/h6-13,15-16H,5H2,1-4H3,(H,21,22)/t15-,16+/m1/s1. The van der Waals surface area contributed by atoms with Gasteiger partial charge >= 0.3 is 0 Å². The fourth-order valence-electron chi connectivity index (χ4n) is 2.42. The highest BCUT2D eigenvalue weighted by Crippen LogP contribution is 2.20. The Kier molecular flexibility index (Phi) is 5.80. The predicted molar refractivity (Wildman–Crippen MR) is 93.6 cm³/mol. The number of rotatable bonds is 6. The largest absolute Gasteiger partial charge is 0.481 e. The van der Waals surface area contributed by atoms with E-state index in [2.05, 4.69) is 24.4 Å². The third kappa shape index (κ3) is 4.59. The molecule has 122 valence electrons. The SMILES string of the molecule is CCc1ccccc1O[C@@H](C)C(=O)N[C@H](C)c1ccc(C)cc1. The van der Waals surface area contributed by atoms with Crippen LogP contribution in [0.1, 0.15) is 43.5 Å². The number of nitrogens with one attached hydrogen (secondary N) is 1. The number of hydrogen-bond donors (Lipinski definition) is 1. The van der Waals surface area contributed by atoms with Crippen LogP contribution >= 0.6 is 0 Å². The minimum Gasteiger partial charge on any atom is -0.481 e. The predicted octanol–water partition coefficient (Wildman–Crippen LogP) is 4.20. The monoisotopic (exact) mass is 311 g/mol. The average molecular weight is 311 g/mol. The van der Waals surface area contributed by atoms with Gasteiger partial charge in [-0.3, -0.25) is 4.79 Å². The molecule has 3 nitrogen and oxygen atoms in total. The van der Waals surface area contributed by atoms with E-state index in [1.54, 1.807) is 6.92 Å². The lowest BCUT2D eigenvalue weighted by Crippen LogP contribution is -2.37. The van der Waals surface area contributed by atoms with E-state index in [9.17, 15) is 4.79 Å². The highest BCUT2D eigenvalue weighted by molar-refractivity contribution is 5.81.